The molecule has 6 heteroatoms. The molecule has 0 aliphatic rings. The highest BCUT2D eigenvalue weighted by atomic mass is 16.5. The maximum Gasteiger partial charge on any atom is 0.252 e. The Bertz CT molecular complexity index is 1020. The summed E-state index contributed by atoms with van der Waals surface area (Å²) in [5.41, 5.74) is 2.75. The second-order valence-electron chi connectivity index (χ2n) is 6.79. The van der Waals surface area contributed by atoms with Gasteiger partial charge in [0.1, 0.15) is 11.8 Å². The van der Waals surface area contributed by atoms with Gasteiger partial charge in [-0.3, -0.25) is 9.59 Å². The Morgan fingerprint density at radius 1 is 1.10 bits per heavy atom. The minimum atomic E-state index is -0.634. The number of pyridine rings is 1. The number of nitrogens with one attached hydrogen (secondary N) is 2. The molecule has 6 nitrogen and oxygen atoms in total. The summed E-state index contributed by atoms with van der Waals surface area (Å²) in [5.74, 6) is 0.242. The molecule has 1 aromatic heterocycles. The zero-order valence-corrected chi connectivity index (χ0v) is 16.9. The van der Waals surface area contributed by atoms with Crippen molar-refractivity contribution in [3.05, 3.63) is 60.2 Å². The molecule has 0 fully saturated rings. The topological polar surface area (TPSA) is 80.3 Å². The molecule has 3 aromatic rings. The molecule has 0 saturated heterocycles. The molecular formula is C23H25N3O3. The van der Waals surface area contributed by atoms with Crippen LogP contribution in [0.1, 0.15) is 30.6 Å². The summed E-state index contributed by atoms with van der Waals surface area (Å²) in [6.45, 7) is 4.24. The van der Waals surface area contributed by atoms with Gasteiger partial charge in [0.05, 0.1) is 23.9 Å². The van der Waals surface area contributed by atoms with E-state index in [1.807, 2.05) is 55.5 Å². The molecule has 0 saturated carbocycles. The monoisotopic (exact) mass is 391 g/mol. The first kappa shape index (κ1) is 20.3. The number of hydrogen-bond donors (Lipinski definition) is 2. The fraction of sp³-hybridized carbons (Fsp3) is 0.261. The highest BCUT2D eigenvalue weighted by Gasteiger charge is 2.19. The maximum atomic E-state index is 13.0. The molecule has 2 amide bonds. The van der Waals surface area contributed by atoms with Crippen LogP contribution in [0.25, 0.3) is 22.2 Å². The van der Waals surface area contributed by atoms with Crippen LogP contribution in [0.3, 0.4) is 0 Å². The Balaban J connectivity index is 1.95. The zero-order chi connectivity index (χ0) is 20.8. The molecule has 1 heterocycles. The van der Waals surface area contributed by atoms with Crippen LogP contribution in [0.5, 0.6) is 5.75 Å². The third-order valence-electron chi connectivity index (χ3n) is 4.64. The Labute approximate surface area is 170 Å². The Hall–Kier alpha value is -3.41. The van der Waals surface area contributed by atoms with Crippen LogP contribution in [0.2, 0.25) is 0 Å². The SMILES string of the molecule is CCCNC(=O)[C@@H](C)NC(=O)c1cc(-c2ccc(OC)cc2)nc2ccccc12. The number of carbonyl (C=O) groups excluding carboxylic acids is 2. The van der Waals surface area contributed by atoms with Crippen molar-refractivity contribution < 1.29 is 14.3 Å². The number of benzene rings is 2. The molecule has 150 valence electrons. The minimum absolute atomic E-state index is 0.200. The van der Waals surface area contributed by atoms with Gasteiger partial charge in [-0.15, -0.1) is 0 Å². The van der Waals surface area contributed by atoms with E-state index in [0.717, 1.165) is 23.1 Å². The summed E-state index contributed by atoms with van der Waals surface area (Å²) in [7, 11) is 1.61. The van der Waals surface area contributed by atoms with Crippen molar-refractivity contribution >= 4 is 22.7 Å². The lowest BCUT2D eigenvalue weighted by Gasteiger charge is -2.15. The molecule has 0 spiro atoms. The molecule has 0 unspecified atom stereocenters. The van der Waals surface area contributed by atoms with E-state index in [1.54, 1.807) is 20.1 Å². The second-order valence-corrected chi connectivity index (χ2v) is 6.79. The summed E-state index contributed by atoms with van der Waals surface area (Å²) in [4.78, 5) is 29.8. The predicted molar refractivity (Wildman–Crippen MR) is 114 cm³/mol. The van der Waals surface area contributed by atoms with Crippen LogP contribution in [0.4, 0.5) is 0 Å². The number of nitrogens with zero attached hydrogens (tertiary/aromatic N) is 1. The Kier molecular flexibility index (Phi) is 6.44. The van der Waals surface area contributed by atoms with Gasteiger partial charge >= 0.3 is 0 Å². The maximum absolute atomic E-state index is 13.0. The minimum Gasteiger partial charge on any atom is -0.497 e. The average Bonchev–Trinajstić information content (AvgIpc) is 2.76. The van der Waals surface area contributed by atoms with E-state index in [1.165, 1.54) is 0 Å². The van der Waals surface area contributed by atoms with E-state index < -0.39 is 6.04 Å². The van der Waals surface area contributed by atoms with Crippen LogP contribution in [0.15, 0.2) is 54.6 Å². The zero-order valence-electron chi connectivity index (χ0n) is 16.9. The molecule has 1 atom stereocenters. The molecule has 2 N–H and O–H groups in total. The normalized spacial score (nSPS) is 11.7. The lowest BCUT2D eigenvalue weighted by molar-refractivity contribution is -0.122. The number of hydrogen-bond acceptors (Lipinski definition) is 4. The van der Waals surface area contributed by atoms with E-state index in [9.17, 15) is 9.59 Å². The third kappa shape index (κ3) is 4.71. The van der Waals surface area contributed by atoms with Gasteiger partial charge in [0.2, 0.25) is 5.91 Å². The van der Waals surface area contributed by atoms with Crippen LogP contribution >= 0.6 is 0 Å². The van der Waals surface area contributed by atoms with Crippen molar-refractivity contribution in [1.29, 1.82) is 0 Å². The van der Waals surface area contributed by atoms with Crippen molar-refractivity contribution in [3.8, 4) is 17.0 Å². The van der Waals surface area contributed by atoms with Gasteiger partial charge in [-0.25, -0.2) is 4.98 Å². The number of rotatable bonds is 7. The van der Waals surface area contributed by atoms with Gasteiger partial charge < -0.3 is 15.4 Å². The van der Waals surface area contributed by atoms with E-state index >= 15 is 0 Å². The fourth-order valence-electron chi connectivity index (χ4n) is 3.01. The Morgan fingerprint density at radius 2 is 1.83 bits per heavy atom. The number of amides is 2. The summed E-state index contributed by atoms with van der Waals surface area (Å²) in [6, 6.07) is 16.1. The molecule has 3 rings (SSSR count). The molecular weight excluding hydrogens is 366 g/mol. The van der Waals surface area contributed by atoms with Gasteiger partial charge in [0.15, 0.2) is 0 Å². The van der Waals surface area contributed by atoms with Gasteiger partial charge in [-0.2, -0.15) is 0 Å². The van der Waals surface area contributed by atoms with Gasteiger partial charge in [-0.1, -0.05) is 25.1 Å². The number of aromatic nitrogens is 1. The summed E-state index contributed by atoms with van der Waals surface area (Å²) >= 11 is 0. The molecule has 0 bridgehead atoms. The van der Waals surface area contributed by atoms with Crippen LogP contribution < -0.4 is 15.4 Å². The number of carbonyl (C=O) groups is 2. The van der Waals surface area contributed by atoms with E-state index in [0.29, 0.717) is 23.3 Å². The van der Waals surface area contributed by atoms with E-state index in [2.05, 4.69) is 10.6 Å². The third-order valence-corrected chi connectivity index (χ3v) is 4.64. The van der Waals surface area contributed by atoms with Crippen molar-refractivity contribution in [2.75, 3.05) is 13.7 Å². The molecule has 29 heavy (non-hydrogen) atoms. The fourth-order valence-corrected chi connectivity index (χ4v) is 3.01. The first-order chi connectivity index (χ1) is 14.0. The van der Waals surface area contributed by atoms with Crippen LogP contribution in [0, 0.1) is 0 Å². The van der Waals surface area contributed by atoms with E-state index in [4.69, 9.17) is 9.72 Å². The summed E-state index contributed by atoms with van der Waals surface area (Å²) in [5, 5.41) is 6.33. The molecule has 0 aliphatic heterocycles. The van der Waals surface area contributed by atoms with Crippen LogP contribution in [-0.4, -0.2) is 36.5 Å². The highest BCUT2D eigenvalue weighted by molar-refractivity contribution is 6.08. The lowest BCUT2D eigenvalue weighted by atomic mass is 10.0. The number of ether oxygens (including phenoxy) is 1. The Morgan fingerprint density at radius 3 is 2.52 bits per heavy atom. The standard InChI is InChI=1S/C23H25N3O3/c1-4-13-24-22(27)15(2)25-23(28)19-14-21(16-9-11-17(29-3)12-10-16)26-20-8-6-5-7-18(19)20/h5-12,14-15H,4,13H2,1-3H3,(H,24,27)(H,25,28)/t15-/m1/s1. The summed E-state index contributed by atoms with van der Waals surface area (Å²) in [6.07, 6.45) is 0.840. The van der Waals surface area contributed by atoms with Gasteiger partial charge in [0, 0.05) is 17.5 Å². The van der Waals surface area contributed by atoms with Gasteiger partial charge in [-0.05, 0) is 49.7 Å². The number of fused-ring (bicyclic) bond motifs is 1. The summed E-state index contributed by atoms with van der Waals surface area (Å²) < 4.78 is 5.21. The highest BCUT2D eigenvalue weighted by Crippen LogP contribution is 2.26. The van der Waals surface area contributed by atoms with E-state index in [-0.39, 0.29) is 11.8 Å². The molecule has 0 aliphatic carbocycles. The van der Waals surface area contributed by atoms with Crippen molar-refractivity contribution in [3.63, 3.8) is 0 Å². The lowest BCUT2D eigenvalue weighted by Crippen LogP contribution is -2.45. The predicted octanol–water partition coefficient (Wildman–Crippen LogP) is 3.55. The first-order valence-electron chi connectivity index (χ1n) is 9.66. The second kappa shape index (κ2) is 9.19. The average molecular weight is 391 g/mol. The number of para-hydroxylation sites is 1. The quantitative estimate of drug-likeness (QED) is 0.645. The van der Waals surface area contributed by atoms with Crippen LogP contribution in [-0.2, 0) is 4.79 Å². The van der Waals surface area contributed by atoms with Crippen molar-refractivity contribution in [2.45, 2.75) is 26.3 Å². The van der Waals surface area contributed by atoms with Crippen molar-refractivity contribution in [1.82, 2.24) is 15.6 Å². The molecule has 0 radical (unpaired) electrons. The molecule has 2 aromatic carbocycles. The largest absolute Gasteiger partial charge is 0.497 e. The van der Waals surface area contributed by atoms with Crippen molar-refractivity contribution in [2.24, 2.45) is 0 Å². The first-order valence-corrected chi connectivity index (χ1v) is 9.66. The number of methoxy groups -OCH3 is 1. The smallest absolute Gasteiger partial charge is 0.252 e. The van der Waals surface area contributed by atoms with Gasteiger partial charge in [0.25, 0.3) is 5.91 Å².